The second kappa shape index (κ2) is 28.9. The predicted molar refractivity (Wildman–Crippen MR) is 266 cm³/mol. The van der Waals surface area contributed by atoms with Crippen LogP contribution >= 0.6 is 0 Å². The minimum Gasteiger partial charge on any atom is -0.724 e. The third-order valence-corrected chi connectivity index (χ3v) is 15.3. The number of hydroxylamine groups is 4. The first-order valence-corrected chi connectivity index (χ1v) is 29.7. The van der Waals surface area contributed by atoms with Gasteiger partial charge in [0.2, 0.25) is 22.2 Å². The SMILES string of the molecule is CCCC[N+](CCCC)(CCCC)CCCC.CCNCC.O=C1N2C[C@@H](CC[C@H]2c2noc(C3CCCCC3)n2)N1OS(=O)(=O)[O-].O=C1N2C[C@@H](CC[C@H]2c2noc(C3CCNCC3)n2)N1OS(=O)(=O)O. The van der Waals surface area contributed by atoms with Crippen molar-refractivity contribution in [2.24, 2.45) is 0 Å². The Bertz CT molecular complexity index is 1990. The van der Waals surface area contributed by atoms with E-state index in [1.54, 1.807) is 0 Å². The number of unbranched alkanes of at least 4 members (excludes halogenated alkanes) is 4. The first-order chi connectivity index (χ1) is 34.5. The van der Waals surface area contributed by atoms with Crippen molar-refractivity contribution in [2.75, 3.05) is 65.4 Å². The highest BCUT2D eigenvalue weighted by Gasteiger charge is 2.50. The highest BCUT2D eigenvalue weighted by molar-refractivity contribution is 7.81. The quantitative estimate of drug-likeness (QED) is 0.0593. The fourth-order valence-electron chi connectivity index (χ4n) is 10.6. The number of quaternary nitrogens is 1. The maximum Gasteiger partial charge on any atom is 0.418 e. The molecule has 23 nitrogen and oxygen atoms in total. The Morgan fingerprint density at radius 3 is 1.43 bits per heavy atom. The number of nitrogens with one attached hydrogen (secondary N) is 2. The lowest BCUT2D eigenvalue weighted by molar-refractivity contribution is -0.929. The van der Waals surface area contributed by atoms with Crippen LogP contribution in [0.25, 0.3) is 0 Å². The normalized spacial score (nSPS) is 22.8. The molecule has 7 heterocycles. The van der Waals surface area contributed by atoms with E-state index in [4.69, 9.17) is 13.6 Å². The molecule has 5 saturated heterocycles. The molecule has 6 aliphatic rings. The van der Waals surface area contributed by atoms with Gasteiger partial charge in [0.05, 0.1) is 50.3 Å². The molecule has 412 valence electrons. The smallest absolute Gasteiger partial charge is 0.418 e. The molecule has 6 fully saturated rings. The lowest BCUT2D eigenvalue weighted by Gasteiger charge is -2.39. The lowest BCUT2D eigenvalue weighted by atomic mass is 9.89. The Morgan fingerprint density at radius 2 is 1.06 bits per heavy atom. The van der Waals surface area contributed by atoms with Gasteiger partial charge in [-0.1, -0.05) is 96.8 Å². The Balaban J connectivity index is 0.000000195. The molecule has 0 radical (unpaired) electrons. The number of rotatable bonds is 22. The number of piperidine rings is 3. The minimum absolute atomic E-state index is 0.215. The second-order valence-electron chi connectivity index (χ2n) is 19.9. The second-order valence-corrected chi connectivity index (χ2v) is 21.9. The van der Waals surface area contributed by atoms with Gasteiger partial charge in [-0.05, 0) is 103 Å². The number of nitrogens with zero attached hydrogens (tertiary/aromatic N) is 9. The number of amides is 4. The van der Waals surface area contributed by atoms with E-state index in [9.17, 15) is 31.0 Å². The van der Waals surface area contributed by atoms with E-state index in [1.165, 1.54) is 98.2 Å². The first-order valence-electron chi connectivity index (χ1n) is 27.0. The highest BCUT2D eigenvalue weighted by atomic mass is 32.3. The molecule has 8 rings (SSSR count). The topological polar surface area (TPSA) is 279 Å². The van der Waals surface area contributed by atoms with E-state index < -0.39 is 57.0 Å². The Morgan fingerprint density at radius 1 is 0.639 bits per heavy atom. The number of carbonyl (C=O) groups excluding carboxylic acids is 2. The Labute approximate surface area is 428 Å². The standard InChI is InChI=1S/C16H36N.C14H20N4O6S.C13H19N5O6S.C4H11N/c1-5-9-13-17(14-10-6-2,15-11-7-3)16-12-8-4;19-14-17-8-10(18(14)24-25(20,21)22)6-7-11(17)12-15-13(23-16-12)9-4-2-1-3-5-9;19-13-17-7-9(18(13)24-25(20,21)22)1-2-10(17)11-15-12(23-16-11)8-3-5-14-6-4-8;1-3-5-4-2/h5-16H2,1-4H3;9-11H,1-8H2,(H,20,21,22);8-10,14H,1-7H2,(H,20,21,22);5H,3-4H2,1-2H3/q+1;;;/p-1/t;10-,11+;9-,10+;/m.11./s1. The van der Waals surface area contributed by atoms with Crippen LogP contribution in [0.5, 0.6) is 0 Å². The van der Waals surface area contributed by atoms with Gasteiger partial charge < -0.3 is 38.5 Å². The van der Waals surface area contributed by atoms with Crippen molar-refractivity contribution in [3.05, 3.63) is 23.4 Å². The fourth-order valence-corrected chi connectivity index (χ4v) is 11.4. The van der Waals surface area contributed by atoms with E-state index in [-0.39, 0.29) is 24.9 Å². The van der Waals surface area contributed by atoms with Crippen LogP contribution in [-0.2, 0) is 29.4 Å². The summed E-state index contributed by atoms with van der Waals surface area (Å²) in [5, 5.41) is 15.8. The van der Waals surface area contributed by atoms with E-state index >= 15 is 0 Å². The first kappa shape index (κ1) is 59.3. The number of hydrogen-bond donors (Lipinski definition) is 3. The zero-order valence-electron chi connectivity index (χ0n) is 43.7. The molecule has 4 atom stereocenters. The third kappa shape index (κ3) is 17.2. The van der Waals surface area contributed by atoms with Gasteiger partial charge in [0.15, 0.2) is 11.6 Å². The van der Waals surface area contributed by atoms with Crippen molar-refractivity contribution in [3.8, 4) is 0 Å². The number of aromatic nitrogens is 4. The van der Waals surface area contributed by atoms with Crippen LogP contribution in [0.3, 0.4) is 0 Å². The van der Waals surface area contributed by atoms with Gasteiger partial charge in [0, 0.05) is 24.9 Å². The molecule has 1 aliphatic carbocycles. The average molecular weight is 1060 g/mol. The number of fused-ring (bicyclic) bond motifs is 4. The average Bonchev–Trinajstić information content (AvgIpc) is 4.17. The van der Waals surface area contributed by atoms with Gasteiger partial charge in [0.1, 0.15) is 0 Å². The van der Waals surface area contributed by atoms with Crippen LogP contribution in [0.1, 0.15) is 211 Å². The molecule has 2 aromatic rings. The fraction of sp³-hybridized carbons (Fsp3) is 0.872. The molecule has 3 N–H and O–H groups in total. The van der Waals surface area contributed by atoms with Crippen LogP contribution < -0.4 is 10.6 Å². The molecular formula is C47H85N11O12S2. The molecule has 4 bridgehead atoms. The summed E-state index contributed by atoms with van der Waals surface area (Å²) in [4.78, 5) is 36.7. The summed E-state index contributed by atoms with van der Waals surface area (Å²) < 4.78 is 84.1. The lowest BCUT2D eigenvalue weighted by Crippen LogP contribution is -2.50. The summed E-state index contributed by atoms with van der Waals surface area (Å²) in [6, 6.07) is -2.96. The van der Waals surface area contributed by atoms with Gasteiger partial charge in [-0.25, -0.2) is 18.0 Å². The van der Waals surface area contributed by atoms with Crippen molar-refractivity contribution < 1.29 is 57.6 Å². The van der Waals surface area contributed by atoms with Gasteiger partial charge in [-0.15, -0.1) is 4.28 Å². The van der Waals surface area contributed by atoms with E-state index in [0.717, 1.165) is 64.7 Å². The van der Waals surface area contributed by atoms with Gasteiger partial charge in [-0.3, -0.25) is 4.55 Å². The Hall–Kier alpha value is -3.56. The van der Waals surface area contributed by atoms with Crippen LogP contribution in [0.2, 0.25) is 0 Å². The molecular weight excluding hydrogens is 975 g/mol. The zero-order valence-corrected chi connectivity index (χ0v) is 45.4. The summed E-state index contributed by atoms with van der Waals surface area (Å²) >= 11 is 0. The number of urea groups is 2. The molecule has 0 aromatic carbocycles. The van der Waals surface area contributed by atoms with Crippen molar-refractivity contribution in [1.82, 2.24) is 50.8 Å². The van der Waals surface area contributed by atoms with E-state index in [2.05, 4.69) is 81.0 Å². The zero-order chi connectivity index (χ0) is 52.3. The number of carbonyl (C=O) groups is 2. The summed E-state index contributed by atoms with van der Waals surface area (Å²) in [7, 11) is -9.74. The maximum atomic E-state index is 12.4. The minimum atomic E-state index is -4.99. The van der Waals surface area contributed by atoms with Crippen LogP contribution in [0, 0.1) is 0 Å². The van der Waals surface area contributed by atoms with Crippen molar-refractivity contribution >= 4 is 32.9 Å². The molecule has 72 heavy (non-hydrogen) atoms. The van der Waals surface area contributed by atoms with E-state index in [1.807, 2.05) is 0 Å². The van der Waals surface area contributed by atoms with Gasteiger partial charge >= 0.3 is 22.5 Å². The predicted octanol–water partition coefficient (Wildman–Crippen LogP) is 7.28. The van der Waals surface area contributed by atoms with Crippen molar-refractivity contribution in [1.29, 1.82) is 0 Å². The summed E-state index contributed by atoms with van der Waals surface area (Å²) in [5.74, 6) is 2.53. The van der Waals surface area contributed by atoms with Crippen LogP contribution in [0.4, 0.5) is 9.59 Å². The molecule has 2 aromatic heterocycles. The monoisotopic (exact) mass is 1060 g/mol. The Kier molecular flexibility index (Phi) is 23.8. The van der Waals surface area contributed by atoms with Crippen molar-refractivity contribution in [2.45, 2.75) is 200 Å². The molecule has 0 unspecified atom stereocenters. The van der Waals surface area contributed by atoms with E-state index in [0.29, 0.717) is 59.2 Å². The van der Waals surface area contributed by atoms with Gasteiger partial charge in [-0.2, -0.15) is 32.8 Å². The van der Waals surface area contributed by atoms with Crippen LogP contribution in [-0.4, -0.2) is 160 Å². The largest absolute Gasteiger partial charge is 0.724 e. The highest BCUT2D eigenvalue weighted by Crippen LogP contribution is 2.40. The molecule has 1 saturated carbocycles. The molecule has 4 amide bonds. The maximum absolute atomic E-state index is 12.4. The number of hydrogen-bond acceptors (Lipinski definition) is 17. The molecule has 0 spiro atoms. The summed E-state index contributed by atoms with van der Waals surface area (Å²) in [5.41, 5.74) is 0. The molecule has 5 aliphatic heterocycles. The summed E-state index contributed by atoms with van der Waals surface area (Å²) in [6.45, 7) is 23.8. The third-order valence-electron chi connectivity index (χ3n) is 14.6. The van der Waals surface area contributed by atoms with Crippen LogP contribution in [0.15, 0.2) is 9.05 Å². The van der Waals surface area contributed by atoms with Crippen molar-refractivity contribution in [3.63, 3.8) is 0 Å². The summed E-state index contributed by atoms with van der Waals surface area (Å²) in [6.07, 6.45) is 20.6. The molecule has 25 heteroatoms. The van der Waals surface area contributed by atoms with Gasteiger partial charge in [0.25, 0.3) is 0 Å².